The van der Waals surface area contributed by atoms with Crippen LogP contribution in [0.2, 0.25) is 0 Å². The summed E-state index contributed by atoms with van der Waals surface area (Å²) in [5.41, 5.74) is -0.580. The van der Waals surface area contributed by atoms with Crippen LogP contribution in [-0.2, 0) is 11.4 Å². The van der Waals surface area contributed by atoms with Crippen LogP contribution in [-0.4, -0.2) is 32.0 Å². The highest BCUT2D eigenvalue weighted by atomic mass is 27.3. The van der Waals surface area contributed by atoms with E-state index in [0.29, 0.717) is 0 Å². The molecule has 0 saturated heterocycles. The molecule has 0 unspecified atom stereocenters. The molecule has 0 N–H and O–H groups in total. The van der Waals surface area contributed by atoms with Crippen LogP contribution >= 0.6 is 0 Å². The van der Waals surface area contributed by atoms with E-state index in [1.54, 1.807) is 0 Å². The van der Waals surface area contributed by atoms with Crippen molar-refractivity contribution in [3.63, 3.8) is 0 Å². The van der Waals surface area contributed by atoms with Crippen LogP contribution in [0.5, 0.6) is 0 Å². The molecular weight excluding hydrogens is 399 g/mol. The average Bonchev–Trinajstić information content (AvgIpc) is 2.65. The third-order valence-corrected chi connectivity index (χ3v) is 8.63. The van der Waals surface area contributed by atoms with E-state index in [1.165, 1.54) is 77.0 Å². The molecule has 0 heterocycles. The van der Waals surface area contributed by atoms with E-state index in [-0.39, 0.29) is 16.8 Å². The minimum absolute atomic E-state index is 0.193. The van der Waals surface area contributed by atoms with Crippen LogP contribution in [0.1, 0.15) is 159 Å². The molecule has 0 aliphatic carbocycles. The molecule has 0 atom stereocenters. The summed E-state index contributed by atoms with van der Waals surface area (Å²) in [6, 6.07) is 0. The van der Waals surface area contributed by atoms with Gasteiger partial charge in [-0.2, -0.15) is 0 Å². The number of unbranched alkanes of at least 4 members (excludes halogenated alkanes) is 9. The average molecular weight is 457 g/mol. The largest absolute Gasteiger partial charge is 0.906 e. The van der Waals surface area contributed by atoms with Gasteiger partial charge in [0.1, 0.15) is 0 Å². The van der Waals surface area contributed by atoms with Crippen LogP contribution in [0.15, 0.2) is 0 Å². The smallest absolute Gasteiger partial charge is 0.450 e. The summed E-state index contributed by atoms with van der Waals surface area (Å²) >= 11 is -2.29. The Morgan fingerprint density at radius 3 is 0.903 bits per heavy atom. The van der Waals surface area contributed by atoms with Crippen LogP contribution in [0.3, 0.4) is 0 Å². The fraction of sp³-hybridized carbons (Fsp3) is 1.00. The maximum atomic E-state index is 6.64. The minimum atomic E-state index is -2.29. The summed E-state index contributed by atoms with van der Waals surface area (Å²) in [6.07, 6.45) is 18.4. The molecule has 0 aromatic carbocycles. The fourth-order valence-corrected chi connectivity index (χ4v) is 6.02. The second-order valence-corrected chi connectivity index (χ2v) is 12.6. The monoisotopic (exact) mass is 456 g/mol. The molecular formula is C27H57AlO3. The normalized spacial score (nSPS) is 13.1. The molecule has 4 heteroatoms. The van der Waals surface area contributed by atoms with Crippen molar-refractivity contribution in [3.05, 3.63) is 0 Å². The predicted octanol–water partition coefficient (Wildman–Crippen LogP) is 9.27. The number of hydrogen-bond donors (Lipinski definition) is 0. The van der Waals surface area contributed by atoms with E-state index < -0.39 is 15.1 Å². The molecule has 0 fully saturated rings. The van der Waals surface area contributed by atoms with Gasteiger partial charge in [0.05, 0.1) is 0 Å². The minimum Gasteiger partial charge on any atom is -0.450 e. The zero-order valence-corrected chi connectivity index (χ0v) is 24.1. The Bertz CT molecular complexity index is 359. The van der Waals surface area contributed by atoms with Gasteiger partial charge in [-0.05, 0) is 60.8 Å². The van der Waals surface area contributed by atoms with Crippen molar-refractivity contribution in [1.82, 2.24) is 0 Å². The summed E-state index contributed by atoms with van der Waals surface area (Å²) in [4.78, 5) is 0. The predicted molar refractivity (Wildman–Crippen MR) is 138 cm³/mol. The van der Waals surface area contributed by atoms with E-state index in [9.17, 15) is 0 Å². The van der Waals surface area contributed by atoms with Gasteiger partial charge in [0.15, 0.2) is 0 Å². The van der Waals surface area contributed by atoms with Crippen molar-refractivity contribution < 1.29 is 11.4 Å². The maximum Gasteiger partial charge on any atom is 0.906 e. The standard InChI is InChI=1S/3C9H19O.Al/c3*1-4-5-6-7-8-9(2,3)10;/h3*4-8H2,1-3H3;/q3*-1;+3. The summed E-state index contributed by atoms with van der Waals surface area (Å²) in [5.74, 6) is 0. The number of rotatable bonds is 21. The van der Waals surface area contributed by atoms with E-state index in [4.69, 9.17) is 11.4 Å². The van der Waals surface area contributed by atoms with Gasteiger partial charge >= 0.3 is 15.1 Å². The Balaban J connectivity index is 5.01. The van der Waals surface area contributed by atoms with E-state index in [2.05, 4.69) is 62.3 Å². The molecule has 0 spiro atoms. The lowest BCUT2D eigenvalue weighted by Gasteiger charge is -2.37. The zero-order chi connectivity index (χ0) is 23.8. The highest BCUT2D eigenvalue weighted by Crippen LogP contribution is 2.29. The van der Waals surface area contributed by atoms with Gasteiger partial charge in [0.25, 0.3) is 0 Å². The molecule has 0 saturated carbocycles. The Morgan fingerprint density at radius 2 is 0.677 bits per heavy atom. The van der Waals surface area contributed by atoms with Gasteiger partial charge in [0.2, 0.25) is 0 Å². The molecule has 0 aromatic heterocycles. The molecule has 31 heavy (non-hydrogen) atoms. The lowest BCUT2D eigenvalue weighted by Crippen LogP contribution is -2.47. The molecule has 0 rings (SSSR count). The molecule has 0 radical (unpaired) electrons. The molecule has 0 aliphatic rings. The molecule has 3 nitrogen and oxygen atoms in total. The van der Waals surface area contributed by atoms with Gasteiger partial charge in [-0.15, -0.1) is 0 Å². The molecule has 186 valence electrons. The van der Waals surface area contributed by atoms with Gasteiger partial charge in [-0.3, -0.25) is 0 Å². The van der Waals surface area contributed by atoms with Gasteiger partial charge in [-0.1, -0.05) is 97.8 Å². The SMILES string of the molecule is CCCCCCC(C)(C)[O][Al]([O]C(C)(C)CCCCCC)[O]C(C)(C)CCCCCC. The Hall–Kier alpha value is 0.412. The molecule has 0 bridgehead atoms. The van der Waals surface area contributed by atoms with E-state index in [1.807, 2.05) is 0 Å². The summed E-state index contributed by atoms with van der Waals surface area (Å²) in [7, 11) is 0. The first-order valence-electron chi connectivity index (χ1n) is 13.5. The van der Waals surface area contributed by atoms with Crippen molar-refractivity contribution in [1.29, 1.82) is 0 Å². The van der Waals surface area contributed by atoms with Crippen LogP contribution < -0.4 is 0 Å². The maximum absolute atomic E-state index is 6.64. The zero-order valence-electron chi connectivity index (χ0n) is 22.9. The van der Waals surface area contributed by atoms with Crippen LogP contribution in [0.25, 0.3) is 0 Å². The quantitative estimate of drug-likeness (QED) is 0.127. The first kappa shape index (κ1) is 31.4. The van der Waals surface area contributed by atoms with Gasteiger partial charge in [0, 0.05) is 16.8 Å². The van der Waals surface area contributed by atoms with Crippen molar-refractivity contribution in [3.8, 4) is 0 Å². The summed E-state index contributed by atoms with van der Waals surface area (Å²) < 4.78 is 19.9. The van der Waals surface area contributed by atoms with Crippen molar-refractivity contribution in [2.45, 2.75) is 175 Å². The third-order valence-electron chi connectivity index (χ3n) is 6.14. The topological polar surface area (TPSA) is 27.7 Å². The molecule has 0 aromatic rings. The Labute approximate surface area is 201 Å². The summed E-state index contributed by atoms with van der Waals surface area (Å²) in [6.45, 7) is 20.1. The molecule has 0 aliphatic heterocycles. The second-order valence-electron chi connectivity index (χ2n) is 11.4. The van der Waals surface area contributed by atoms with E-state index >= 15 is 0 Å². The van der Waals surface area contributed by atoms with Crippen molar-refractivity contribution >= 4 is 15.1 Å². The highest BCUT2D eigenvalue weighted by molar-refractivity contribution is 6.36. The van der Waals surface area contributed by atoms with Crippen LogP contribution in [0, 0.1) is 0 Å². The van der Waals surface area contributed by atoms with E-state index in [0.717, 1.165) is 19.3 Å². The van der Waals surface area contributed by atoms with Gasteiger partial charge < -0.3 is 11.4 Å². The van der Waals surface area contributed by atoms with Crippen LogP contribution in [0.4, 0.5) is 0 Å². The van der Waals surface area contributed by atoms with Gasteiger partial charge in [-0.25, -0.2) is 0 Å². The third kappa shape index (κ3) is 18.5. The number of hydrogen-bond acceptors (Lipinski definition) is 3. The highest BCUT2D eigenvalue weighted by Gasteiger charge is 2.45. The summed E-state index contributed by atoms with van der Waals surface area (Å²) in [5, 5.41) is 0. The lowest BCUT2D eigenvalue weighted by molar-refractivity contribution is -0.0715. The Kier molecular flexibility index (Phi) is 17.2. The Morgan fingerprint density at radius 1 is 0.419 bits per heavy atom. The first-order chi connectivity index (χ1) is 14.5. The lowest BCUT2D eigenvalue weighted by atomic mass is 10.0. The fourth-order valence-electron chi connectivity index (χ4n) is 3.96. The molecule has 0 amide bonds. The van der Waals surface area contributed by atoms with Crippen molar-refractivity contribution in [2.75, 3.05) is 0 Å². The second kappa shape index (κ2) is 16.9. The first-order valence-corrected chi connectivity index (χ1v) is 14.9. The van der Waals surface area contributed by atoms with Crippen molar-refractivity contribution in [2.24, 2.45) is 0 Å².